The van der Waals surface area contributed by atoms with Crippen LogP contribution in [-0.4, -0.2) is 27.4 Å². The van der Waals surface area contributed by atoms with Crippen LogP contribution in [0.25, 0.3) is 0 Å². The minimum absolute atomic E-state index is 0.00168. The quantitative estimate of drug-likeness (QED) is 0.651. The third-order valence-electron chi connectivity index (χ3n) is 5.88. The zero-order valence-corrected chi connectivity index (χ0v) is 14.9. The molecule has 3 aliphatic rings. The van der Waals surface area contributed by atoms with Crippen molar-refractivity contribution in [3.8, 4) is 5.75 Å². The number of aromatic nitrogens is 3. The Morgan fingerprint density at radius 3 is 2.46 bits per heavy atom. The normalized spacial score (nSPS) is 26.0. The van der Waals surface area contributed by atoms with Gasteiger partial charge in [-0.1, -0.05) is 24.3 Å². The first kappa shape index (κ1) is 15.6. The van der Waals surface area contributed by atoms with Crippen molar-refractivity contribution in [3.63, 3.8) is 0 Å². The Balaban J connectivity index is 1.41. The average Bonchev–Trinajstić information content (AvgIpc) is 3.43. The van der Waals surface area contributed by atoms with Gasteiger partial charge in [0, 0.05) is 0 Å². The van der Waals surface area contributed by atoms with Gasteiger partial charge >= 0.3 is 11.4 Å². The molecule has 0 saturated carbocycles. The lowest BCUT2D eigenvalue weighted by Crippen LogP contribution is -2.32. The summed E-state index contributed by atoms with van der Waals surface area (Å²) in [5, 5.41) is 4.14. The summed E-state index contributed by atoms with van der Waals surface area (Å²) in [6.07, 6.45) is 0.845. The van der Waals surface area contributed by atoms with Gasteiger partial charge in [-0.05, 0) is 41.0 Å². The number of ether oxygens (including phenoxy) is 2. The number of benzene rings is 2. The van der Waals surface area contributed by atoms with Gasteiger partial charge in [0.05, 0.1) is 25.3 Å². The molecule has 8 nitrogen and oxygen atoms in total. The number of hydrogen-bond donors (Lipinski definition) is 0. The van der Waals surface area contributed by atoms with Crippen LogP contribution in [0.2, 0.25) is 0 Å². The Bertz CT molecular complexity index is 1250. The Kier molecular flexibility index (Phi) is 2.98. The van der Waals surface area contributed by atoms with Crippen molar-refractivity contribution in [2.45, 2.75) is 24.3 Å². The van der Waals surface area contributed by atoms with Gasteiger partial charge in [0.15, 0.2) is 6.23 Å². The number of hydrogen-bond acceptors (Lipinski definition) is 5. The predicted octanol–water partition coefficient (Wildman–Crippen LogP) is 1.62. The maximum atomic E-state index is 13.0. The van der Waals surface area contributed by atoms with E-state index in [0.717, 1.165) is 27.1 Å². The lowest BCUT2D eigenvalue weighted by Gasteiger charge is -2.26. The monoisotopic (exact) mass is 376 g/mol. The van der Waals surface area contributed by atoms with Crippen LogP contribution in [0.1, 0.15) is 41.0 Å². The molecule has 0 N–H and O–H groups in total. The fraction of sp³-hybridized carbons (Fsp3) is 0.250. The standard InChI is InChI=1S/C20H16N4O4/c1-27-12-8-6-11(7-9-12)10-21-22-19(25)23-16-15-13-4-2-3-5-14(13)17(16)28-18(15)24(23)20(22)26/h2-10,15-18H,1H3. The van der Waals surface area contributed by atoms with E-state index in [1.54, 1.807) is 31.4 Å². The molecular weight excluding hydrogens is 360 g/mol. The summed E-state index contributed by atoms with van der Waals surface area (Å²) in [4.78, 5) is 25.9. The van der Waals surface area contributed by atoms with Crippen molar-refractivity contribution in [1.82, 2.24) is 14.0 Å². The fourth-order valence-electron chi connectivity index (χ4n) is 4.71. The summed E-state index contributed by atoms with van der Waals surface area (Å²) in [5.74, 6) is 0.725. The zero-order valence-electron chi connectivity index (χ0n) is 14.9. The second-order valence-corrected chi connectivity index (χ2v) is 7.18. The highest BCUT2D eigenvalue weighted by Crippen LogP contribution is 2.64. The summed E-state index contributed by atoms with van der Waals surface area (Å²) in [5.41, 5.74) is 2.11. The van der Waals surface area contributed by atoms with Gasteiger partial charge in [-0.25, -0.2) is 14.3 Å². The van der Waals surface area contributed by atoms with Gasteiger partial charge < -0.3 is 9.47 Å². The number of nitrogens with zero attached hydrogens (tertiary/aromatic N) is 4. The maximum Gasteiger partial charge on any atom is 0.370 e. The molecular formula is C20H16N4O4. The van der Waals surface area contributed by atoms with Gasteiger partial charge in [0.2, 0.25) is 0 Å². The number of fused-ring (bicyclic) bond motifs is 4. The molecule has 2 aromatic carbocycles. The van der Waals surface area contributed by atoms with E-state index in [1.807, 2.05) is 18.2 Å². The van der Waals surface area contributed by atoms with Gasteiger partial charge in [-0.15, -0.1) is 4.68 Å². The average molecular weight is 376 g/mol. The molecule has 140 valence electrons. The molecule has 0 spiro atoms. The van der Waals surface area contributed by atoms with E-state index in [2.05, 4.69) is 11.2 Å². The summed E-state index contributed by atoms with van der Waals surface area (Å²) >= 11 is 0. The second-order valence-electron chi connectivity index (χ2n) is 7.18. The Morgan fingerprint density at radius 2 is 1.71 bits per heavy atom. The van der Waals surface area contributed by atoms with Crippen LogP contribution in [0, 0.1) is 0 Å². The van der Waals surface area contributed by atoms with Crippen LogP contribution in [-0.2, 0) is 4.74 Å². The molecule has 1 fully saturated rings. The Labute approximate surface area is 158 Å². The van der Waals surface area contributed by atoms with Crippen LogP contribution in [0.15, 0.2) is 63.2 Å². The summed E-state index contributed by atoms with van der Waals surface area (Å²) in [6, 6.07) is 15.0. The topological polar surface area (TPSA) is 79.8 Å². The molecule has 4 atom stereocenters. The highest BCUT2D eigenvalue weighted by Gasteiger charge is 2.61. The molecule has 0 amide bonds. The first-order chi connectivity index (χ1) is 13.7. The smallest absolute Gasteiger partial charge is 0.370 e. The molecule has 3 aromatic rings. The van der Waals surface area contributed by atoms with E-state index in [1.165, 1.54) is 15.6 Å². The largest absolute Gasteiger partial charge is 0.497 e. The molecule has 6 rings (SSSR count). The molecule has 4 bridgehead atoms. The summed E-state index contributed by atoms with van der Waals surface area (Å²) in [7, 11) is 1.59. The number of methoxy groups -OCH3 is 1. The lowest BCUT2D eigenvalue weighted by molar-refractivity contribution is -0.0557. The second kappa shape index (κ2) is 5.32. The Hall–Kier alpha value is -3.39. The zero-order chi connectivity index (χ0) is 19.0. The first-order valence-corrected chi connectivity index (χ1v) is 9.08. The third-order valence-corrected chi connectivity index (χ3v) is 5.88. The lowest BCUT2D eigenvalue weighted by atomic mass is 9.98. The maximum absolute atomic E-state index is 13.0. The van der Waals surface area contributed by atoms with Crippen LogP contribution in [0.4, 0.5) is 0 Å². The molecule has 0 radical (unpaired) electrons. The minimum atomic E-state index is -0.481. The molecule has 1 aromatic heterocycles. The van der Waals surface area contributed by atoms with Crippen LogP contribution >= 0.6 is 0 Å². The van der Waals surface area contributed by atoms with Gasteiger partial charge in [-0.3, -0.25) is 0 Å². The van der Waals surface area contributed by atoms with Gasteiger partial charge in [0.1, 0.15) is 11.9 Å². The van der Waals surface area contributed by atoms with Crippen molar-refractivity contribution >= 4 is 6.21 Å². The first-order valence-electron chi connectivity index (χ1n) is 9.08. The fourth-order valence-corrected chi connectivity index (χ4v) is 4.71. The SMILES string of the molecule is COc1ccc(C=Nn2c(=O)n3n(c2=O)C2C4OC3C2c2ccccc24)cc1. The Morgan fingerprint density at radius 1 is 1.00 bits per heavy atom. The van der Waals surface area contributed by atoms with Crippen LogP contribution < -0.4 is 16.1 Å². The molecule has 2 aliphatic heterocycles. The molecule has 3 heterocycles. The van der Waals surface area contributed by atoms with Crippen LogP contribution in [0.5, 0.6) is 5.75 Å². The molecule has 1 saturated heterocycles. The van der Waals surface area contributed by atoms with E-state index < -0.39 is 17.6 Å². The van der Waals surface area contributed by atoms with E-state index >= 15 is 0 Å². The van der Waals surface area contributed by atoms with Crippen LogP contribution in [0.3, 0.4) is 0 Å². The van der Waals surface area contributed by atoms with Crippen molar-refractivity contribution in [2.24, 2.45) is 5.10 Å². The van der Waals surface area contributed by atoms with Crippen molar-refractivity contribution in [2.75, 3.05) is 7.11 Å². The van der Waals surface area contributed by atoms with E-state index in [0.29, 0.717) is 0 Å². The van der Waals surface area contributed by atoms with E-state index in [9.17, 15) is 9.59 Å². The highest BCUT2D eigenvalue weighted by molar-refractivity contribution is 5.79. The van der Waals surface area contributed by atoms with E-state index in [4.69, 9.17) is 9.47 Å². The van der Waals surface area contributed by atoms with Gasteiger partial charge in [0.25, 0.3) is 0 Å². The minimum Gasteiger partial charge on any atom is -0.497 e. The van der Waals surface area contributed by atoms with Crippen molar-refractivity contribution in [3.05, 3.63) is 86.2 Å². The molecule has 4 unspecified atom stereocenters. The highest BCUT2D eigenvalue weighted by atomic mass is 16.5. The third kappa shape index (κ3) is 1.80. The summed E-state index contributed by atoms with van der Waals surface area (Å²) < 4.78 is 15.0. The van der Waals surface area contributed by atoms with Gasteiger partial charge in [-0.2, -0.15) is 9.78 Å². The molecule has 1 aliphatic carbocycles. The molecule has 8 heteroatoms. The predicted molar refractivity (Wildman–Crippen MR) is 100 cm³/mol. The number of rotatable bonds is 3. The molecule has 28 heavy (non-hydrogen) atoms. The van der Waals surface area contributed by atoms with Crippen molar-refractivity contribution in [1.29, 1.82) is 0 Å². The van der Waals surface area contributed by atoms with Crippen molar-refractivity contribution < 1.29 is 9.47 Å². The van der Waals surface area contributed by atoms with E-state index in [-0.39, 0.29) is 18.1 Å². The summed E-state index contributed by atoms with van der Waals surface area (Å²) in [6.45, 7) is 0.